The summed E-state index contributed by atoms with van der Waals surface area (Å²) >= 11 is 0. The molecular formula is C19H23FN2O5S. The number of halogens is 1. The summed E-state index contributed by atoms with van der Waals surface area (Å²) in [5.41, 5.74) is -0.351. The maximum Gasteiger partial charge on any atom is 0.254 e. The van der Waals surface area contributed by atoms with Gasteiger partial charge in [-0.3, -0.25) is 4.79 Å². The van der Waals surface area contributed by atoms with Crippen LogP contribution in [0.1, 0.15) is 24.2 Å². The first-order valence-corrected chi connectivity index (χ1v) is 10.1. The predicted octanol–water partition coefficient (Wildman–Crippen LogP) is 2.33. The lowest BCUT2D eigenvalue weighted by Crippen LogP contribution is -2.31. The topological polar surface area (TPSA) is 93.7 Å². The molecule has 2 rings (SSSR count). The second-order valence-electron chi connectivity index (χ2n) is 6.20. The van der Waals surface area contributed by atoms with Gasteiger partial charge in [0.2, 0.25) is 10.0 Å². The third kappa shape index (κ3) is 5.93. The molecule has 152 valence electrons. The number of hydrogen-bond acceptors (Lipinski definition) is 5. The highest BCUT2D eigenvalue weighted by Crippen LogP contribution is 2.17. The minimum Gasteiger partial charge on any atom is -0.497 e. The number of carbonyl (C=O) groups is 1. The van der Waals surface area contributed by atoms with Crippen molar-refractivity contribution >= 4 is 15.9 Å². The highest BCUT2D eigenvalue weighted by Gasteiger charge is 2.20. The van der Waals surface area contributed by atoms with Gasteiger partial charge in [-0.25, -0.2) is 17.5 Å². The lowest BCUT2D eigenvalue weighted by molar-refractivity contribution is 0.0942. The Balaban J connectivity index is 1.96. The van der Waals surface area contributed by atoms with Crippen LogP contribution in [0, 0.1) is 5.82 Å². The van der Waals surface area contributed by atoms with Gasteiger partial charge in [-0.05, 0) is 56.3 Å². The molecule has 0 fully saturated rings. The van der Waals surface area contributed by atoms with Gasteiger partial charge >= 0.3 is 0 Å². The van der Waals surface area contributed by atoms with Gasteiger partial charge in [0, 0.05) is 6.04 Å². The smallest absolute Gasteiger partial charge is 0.254 e. The first-order chi connectivity index (χ1) is 13.2. The monoisotopic (exact) mass is 410 g/mol. The average molecular weight is 410 g/mol. The van der Waals surface area contributed by atoms with Crippen LogP contribution in [0.3, 0.4) is 0 Å². The van der Waals surface area contributed by atoms with Crippen molar-refractivity contribution in [3.63, 3.8) is 0 Å². The molecule has 0 radical (unpaired) electrons. The van der Waals surface area contributed by atoms with Crippen LogP contribution in [0.15, 0.2) is 47.4 Å². The SMILES string of the molecule is COc1ccc(OCCNC(=O)c2cc(S(=O)(=O)NC(C)C)ccc2F)cc1. The van der Waals surface area contributed by atoms with Crippen LogP contribution in [-0.2, 0) is 10.0 Å². The molecule has 0 spiro atoms. The van der Waals surface area contributed by atoms with Crippen LogP contribution < -0.4 is 19.5 Å². The molecular weight excluding hydrogens is 387 g/mol. The first-order valence-electron chi connectivity index (χ1n) is 8.60. The van der Waals surface area contributed by atoms with Gasteiger partial charge in [-0.15, -0.1) is 0 Å². The number of nitrogens with one attached hydrogen (secondary N) is 2. The molecule has 9 heteroatoms. The van der Waals surface area contributed by atoms with Gasteiger partial charge in [0.15, 0.2) is 0 Å². The normalized spacial score (nSPS) is 11.3. The van der Waals surface area contributed by atoms with E-state index in [1.54, 1.807) is 45.2 Å². The minimum absolute atomic E-state index is 0.117. The highest BCUT2D eigenvalue weighted by molar-refractivity contribution is 7.89. The number of methoxy groups -OCH3 is 1. The molecule has 0 aliphatic carbocycles. The van der Waals surface area contributed by atoms with E-state index in [-0.39, 0.29) is 29.7 Å². The van der Waals surface area contributed by atoms with E-state index in [0.717, 1.165) is 18.2 Å². The van der Waals surface area contributed by atoms with Crippen molar-refractivity contribution < 1.29 is 27.1 Å². The van der Waals surface area contributed by atoms with Crippen LogP contribution in [0.2, 0.25) is 0 Å². The molecule has 0 saturated carbocycles. The largest absolute Gasteiger partial charge is 0.497 e. The van der Waals surface area contributed by atoms with Gasteiger partial charge in [0.05, 0.1) is 24.1 Å². The molecule has 0 unspecified atom stereocenters. The van der Waals surface area contributed by atoms with Crippen molar-refractivity contribution in [2.24, 2.45) is 0 Å². The Kier molecular flexibility index (Phi) is 7.36. The Morgan fingerprint density at radius 2 is 1.75 bits per heavy atom. The van der Waals surface area contributed by atoms with Crippen molar-refractivity contribution in [3.8, 4) is 11.5 Å². The Hall–Kier alpha value is -2.65. The second-order valence-corrected chi connectivity index (χ2v) is 7.91. The number of ether oxygens (including phenoxy) is 2. The summed E-state index contributed by atoms with van der Waals surface area (Å²) in [6.45, 7) is 3.60. The van der Waals surface area contributed by atoms with Crippen LogP contribution in [0.5, 0.6) is 11.5 Å². The number of sulfonamides is 1. The zero-order chi connectivity index (χ0) is 20.7. The predicted molar refractivity (Wildman–Crippen MR) is 103 cm³/mol. The molecule has 0 saturated heterocycles. The third-order valence-corrected chi connectivity index (χ3v) is 5.26. The zero-order valence-electron chi connectivity index (χ0n) is 15.9. The molecule has 1 amide bonds. The van der Waals surface area contributed by atoms with Gasteiger partial charge in [0.1, 0.15) is 23.9 Å². The van der Waals surface area contributed by atoms with Crippen molar-refractivity contribution in [1.82, 2.24) is 10.0 Å². The van der Waals surface area contributed by atoms with Gasteiger partial charge in [-0.2, -0.15) is 0 Å². The van der Waals surface area contributed by atoms with Crippen LogP contribution in [-0.4, -0.2) is 40.6 Å². The van der Waals surface area contributed by atoms with E-state index in [2.05, 4.69) is 10.0 Å². The average Bonchev–Trinajstić information content (AvgIpc) is 2.64. The quantitative estimate of drug-likeness (QED) is 0.619. The van der Waals surface area contributed by atoms with E-state index in [4.69, 9.17) is 9.47 Å². The second kappa shape index (κ2) is 9.52. The van der Waals surface area contributed by atoms with Crippen molar-refractivity contribution in [3.05, 3.63) is 53.8 Å². The fourth-order valence-electron chi connectivity index (χ4n) is 2.32. The maximum absolute atomic E-state index is 14.0. The number of amides is 1. The Labute approximate surface area is 163 Å². The number of benzene rings is 2. The van der Waals surface area contributed by atoms with E-state index in [9.17, 15) is 17.6 Å². The minimum atomic E-state index is -3.83. The molecule has 0 heterocycles. The molecule has 2 aromatic rings. The summed E-state index contributed by atoms with van der Waals surface area (Å²) in [4.78, 5) is 12.0. The summed E-state index contributed by atoms with van der Waals surface area (Å²) in [6, 6.07) is 9.66. The summed E-state index contributed by atoms with van der Waals surface area (Å²) in [6.07, 6.45) is 0. The Morgan fingerprint density at radius 3 is 2.36 bits per heavy atom. The Bertz CT molecular complexity index is 914. The lowest BCUT2D eigenvalue weighted by atomic mass is 10.2. The maximum atomic E-state index is 14.0. The molecule has 0 atom stereocenters. The summed E-state index contributed by atoms with van der Waals surface area (Å²) in [5, 5.41) is 2.51. The molecule has 0 bridgehead atoms. The van der Waals surface area contributed by atoms with Gasteiger partial charge < -0.3 is 14.8 Å². The molecule has 0 aromatic heterocycles. The third-order valence-electron chi connectivity index (χ3n) is 3.60. The van der Waals surface area contributed by atoms with E-state index in [1.807, 2.05) is 0 Å². The summed E-state index contributed by atoms with van der Waals surface area (Å²) < 4.78 is 51.3. The highest BCUT2D eigenvalue weighted by atomic mass is 32.2. The fraction of sp³-hybridized carbons (Fsp3) is 0.316. The Morgan fingerprint density at radius 1 is 1.11 bits per heavy atom. The number of hydrogen-bond donors (Lipinski definition) is 2. The van der Waals surface area contributed by atoms with E-state index in [1.165, 1.54) is 0 Å². The van der Waals surface area contributed by atoms with E-state index < -0.39 is 21.7 Å². The number of carbonyl (C=O) groups excluding carboxylic acids is 1. The lowest BCUT2D eigenvalue weighted by Gasteiger charge is -2.12. The standard InChI is InChI=1S/C19H23FN2O5S/c1-13(2)22-28(24,25)16-8-9-18(20)17(12-16)19(23)21-10-11-27-15-6-4-14(26-3)5-7-15/h4-9,12-13,22H,10-11H2,1-3H3,(H,21,23). The van der Waals surface area contributed by atoms with Gasteiger partial charge in [-0.1, -0.05) is 0 Å². The van der Waals surface area contributed by atoms with Crippen LogP contribution in [0.4, 0.5) is 4.39 Å². The molecule has 2 N–H and O–H groups in total. The molecule has 0 aliphatic heterocycles. The van der Waals surface area contributed by atoms with E-state index >= 15 is 0 Å². The summed E-state index contributed by atoms with van der Waals surface area (Å²) in [5.74, 6) is -0.249. The fourth-order valence-corrected chi connectivity index (χ4v) is 3.60. The van der Waals surface area contributed by atoms with Crippen LogP contribution in [0.25, 0.3) is 0 Å². The van der Waals surface area contributed by atoms with Gasteiger partial charge in [0.25, 0.3) is 5.91 Å². The van der Waals surface area contributed by atoms with E-state index in [0.29, 0.717) is 11.5 Å². The number of rotatable bonds is 9. The van der Waals surface area contributed by atoms with Crippen LogP contribution >= 0.6 is 0 Å². The summed E-state index contributed by atoms with van der Waals surface area (Å²) in [7, 11) is -2.27. The zero-order valence-corrected chi connectivity index (χ0v) is 16.7. The van der Waals surface area contributed by atoms with Crippen molar-refractivity contribution in [2.75, 3.05) is 20.3 Å². The molecule has 7 nitrogen and oxygen atoms in total. The molecule has 28 heavy (non-hydrogen) atoms. The molecule has 2 aromatic carbocycles. The molecule has 0 aliphatic rings. The van der Waals surface area contributed by atoms with Crippen molar-refractivity contribution in [2.45, 2.75) is 24.8 Å². The first kappa shape index (κ1) is 21.6. The van der Waals surface area contributed by atoms with Crippen molar-refractivity contribution in [1.29, 1.82) is 0 Å².